The van der Waals surface area contributed by atoms with Crippen LogP contribution in [0.4, 0.5) is 37.7 Å². The van der Waals surface area contributed by atoms with Gasteiger partial charge in [-0.15, -0.1) is 11.6 Å². The van der Waals surface area contributed by atoms with Crippen LogP contribution in [-0.4, -0.2) is 87.6 Å². The molecule has 0 saturated carbocycles. The minimum Gasteiger partial charge on any atom is -0.339 e. The Morgan fingerprint density at radius 3 is 1.53 bits per heavy atom. The van der Waals surface area contributed by atoms with Crippen molar-refractivity contribution in [2.45, 2.75) is 71.8 Å². The molecule has 0 aliphatic carbocycles. The van der Waals surface area contributed by atoms with Crippen LogP contribution < -0.4 is 22.1 Å². The topological polar surface area (TPSA) is 154 Å². The Hall–Kier alpha value is -7.79. The third kappa shape index (κ3) is 17.9. The highest BCUT2D eigenvalue weighted by atomic mass is 79.9. The lowest BCUT2D eigenvalue weighted by Crippen LogP contribution is -2.32. The number of aliphatic imine (C=N–C) groups is 2. The first-order chi connectivity index (χ1) is 47.7. The van der Waals surface area contributed by atoms with Gasteiger partial charge in [-0.3, -0.25) is 19.6 Å². The largest absolute Gasteiger partial charge is 0.416 e. The molecule has 13 rings (SSSR count). The molecule has 7 N–H and O–H groups in total. The van der Waals surface area contributed by atoms with Crippen molar-refractivity contribution in [3.05, 3.63) is 256 Å². The van der Waals surface area contributed by atoms with Gasteiger partial charge in [0, 0.05) is 79.0 Å². The number of rotatable bonds is 15. The van der Waals surface area contributed by atoms with E-state index >= 15 is 0 Å². The smallest absolute Gasteiger partial charge is 0.339 e. The third-order valence-corrected chi connectivity index (χ3v) is 19.0. The minimum atomic E-state index is -4.47. The number of fused-ring (bicyclic) bond motifs is 4. The van der Waals surface area contributed by atoms with Gasteiger partial charge >= 0.3 is 12.4 Å². The van der Waals surface area contributed by atoms with Gasteiger partial charge in [-0.25, -0.2) is 9.98 Å². The number of aryl methyl sites for hydroxylation is 5. The van der Waals surface area contributed by atoms with Crippen LogP contribution in [0.15, 0.2) is 190 Å². The van der Waals surface area contributed by atoms with Gasteiger partial charge in [0.25, 0.3) is 0 Å². The molecule has 520 valence electrons. The molecule has 2 unspecified atom stereocenters. The first-order valence-electron chi connectivity index (χ1n) is 32.0. The molecule has 2 aliphatic heterocycles. The quantitative estimate of drug-likeness (QED) is 0.0502. The lowest BCUT2D eigenvalue weighted by Gasteiger charge is -2.32. The van der Waals surface area contributed by atoms with Crippen molar-refractivity contribution in [2.24, 2.45) is 21.5 Å². The summed E-state index contributed by atoms with van der Waals surface area (Å²) in [5.41, 5.74) is 25.9. The molecule has 12 nitrogen and oxygen atoms in total. The second kappa shape index (κ2) is 32.9. The average molecular weight is 1520 g/mol. The van der Waals surface area contributed by atoms with Crippen molar-refractivity contribution < 1.29 is 26.3 Å². The number of nitrogens with one attached hydrogen (secondary N) is 3. The van der Waals surface area contributed by atoms with E-state index in [1.54, 1.807) is 36.4 Å². The summed E-state index contributed by atoms with van der Waals surface area (Å²) in [6.45, 7) is 11.3. The fourth-order valence-electron chi connectivity index (χ4n) is 11.7. The van der Waals surface area contributed by atoms with Crippen molar-refractivity contribution in [3.8, 4) is 33.6 Å². The van der Waals surface area contributed by atoms with Crippen LogP contribution in [0, 0.1) is 27.7 Å². The maximum atomic E-state index is 13.8. The number of anilines is 2. The molecule has 11 aromatic rings. The van der Waals surface area contributed by atoms with Crippen molar-refractivity contribution in [1.29, 1.82) is 0 Å². The van der Waals surface area contributed by atoms with Gasteiger partial charge < -0.3 is 22.1 Å². The van der Waals surface area contributed by atoms with Crippen LogP contribution in [-0.2, 0) is 18.9 Å². The van der Waals surface area contributed by atoms with Crippen molar-refractivity contribution >= 4 is 119 Å². The Labute approximate surface area is 610 Å². The molecular formula is C76H72BrCl5F6N12. The zero-order valence-corrected chi connectivity index (χ0v) is 60.7. The molecule has 2 atom stereocenters. The SMILES string of the molecule is Cc1ccc2c(-c3ccc(Cl)c(Cl)c3)n[nH]c2c1.Cc1ccc2c(-c3ccc(Cl)c(Cl)c3)nn(CCCl)c2c1.Cc1cccc2c1NC(c1cc(-c3ccccc3)cc(C(F)(F)F)c1)=NC2N(C)CCCN.Cc1cccc2c1NC(c1cc(Br)cc(C(F)(F)F)c1)=NC2N(C)CCCN. The average Bonchev–Trinajstić information content (AvgIpc) is 1.05. The summed E-state index contributed by atoms with van der Waals surface area (Å²) in [7, 11) is 3.90. The van der Waals surface area contributed by atoms with E-state index in [1.165, 1.54) is 23.3 Å². The zero-order chi connectivity index (χ0) is 71.7. The number of aromatic amines is 1. The Kier molecular flexibility index (Phi) is 24.6. The van der Waals surface area contributed by atoms with E-state index in [0.717, 1.165) is 122 Å². The lowest BCUT2D eigenvalue weighted by atomic mass is 9.97. The summed E-state index contributed by atoms with van der Waals surface area (Å²) >= 11 is 33.1. The molecule has 0 fully saturated rings. The summed E-state index contributed by atoms with van der Waals surface area (Å²) in [6.07, 6.45) is -7.92. The Morgan fingerprint density at radius 2 is 1.01 bits per heavy atom. The van der Waals surface area contributed by atoms with E-state index in [9.17, 15) is 26.3 Å². The number of nitrogens with two attached hydrogens (primary N) is 2. The highest BCUT2D eigenvalue weighted by Gasteiger charge is 2.35. The number of H-pyrrole nitrogens is 1. The predicted molar refractivity (Wildman–Crippen MR) is 404 cm³/mol. The Morgan fingerprint density at radius 1 is 0.510 bits per heavy atom. The number of amidine groups is 2. The van der Waals surface area contributed by atoms with Crippen molar-refractivity contribution in [1.82, 2.24) is 29.8 Å². The van der Waals surface area contributed by atoms with Gasteiger partial charge in [0.1, 0.15) is 29.7 Å². The fourth-order valence-corrected chi connectivity index (χ4v) is 13.0. The summed E-state index contributed by atoms with van der Waals surface area (Å²) in [5.74, 6) is 1.36. The number of alkyl halides is 7. The summed E-state index contributed by atoms with van der Waals surface area (Å²) in [6, 6.07) is 52.5. The normalized spacial score (nSPS) is 14.2. The number of aromatic nitrogens is 4. The van der Waals surface area contributed by atoms with Crippen molar-refractivity contribution in [3.63, 3.8) is 0 Å². The van der Waals surface area contributed by atoms with Crippen LogP contribution in [0.1, 0.15) is 80.8 Å². The molecule has 100 heavy (non-hydrogen) atoms. The van der Waals surface area contributed by atoms with E-state index in [1.807, 2.05) is 111 Å². The molecule has 4 heterocycles. The standard InChI is InChI=1S/C26H27F3N4.C20H22BrF3N4.C16H13Cl3N2.C14H10Cl2N2/c1-17-8-6-11-22-23(17)31-24(32-25(22)33(2)13-7-12-30)20-14-19(18-9-4-3-5-10-18)15-21(16-20)26(27,28)29;1-12-5-3-6-16-17(12)26-18(27-19(16)28(2)8-4-7-25)13-9-14(20(22,23)24)11-15(21)10-13;1-10-2-4-12-15(8-10)21(7-6-17)20-16(12)11-3-5-13(18)14(19)9-11;1-8-2-4-10-13(6-8)17-18-14(10)9-3-5-11(15)12(16)7-9/h3-6,8-11,14-16,25H,7,12-13,30H2,1-2H3,(H,31,32);3,5-6,9-11,19H,4,7-8,25H2,1-2H3,(H,26,27);2-5,8-9H,6-7H2,1H3;2-7H,1H3,(H,17,18). The second-order valence-corrected chi connectivity index (χ2v) is 27.2. The second-order valence-electron chi connectivity index (χ2n) is 24.3. The van der Waals surface area contributed by atoms with Gasteiger partial charge in [0.15, 0.2) is 0 Å². The molecule has 0 amide bonds. The summed E-state index contributed by atoms with van der Waals surface area (Å²) in [4.78, 5) is 13.8. The molecular weight excluding hydrogens is 1450 g/mol. The molecule has 2 aromatic heterocycles. The van der Waals surface area contributed by atoms with Gasteiger partial charge in [-0.05, 0) is 174 Å². The van der Waals surface area contributed by atoms with E-state index in [4.69, 9.17) is 84.6 Å². The highest BCUT2D eigenvalue weighted by Crippen LogP contribution is 2.41. The number of halogens is 12. The number of hydrogen-bond donors (Lipinski definition) is 5. The van der Waals surface area contributed by atoms with Crippen LogP contribution in [0.2, 0.25) is 20.1 Å². The molecule has 0 saturated heterocycles. The van der Waals surface area contributed by atoms with Gasteiger partial charge in [-0.1, -0.05) is 165 Å². The summed E-state index contributed by atoms with van der Waals surface area (Å²) in [5, 5.41) is 23.0. The first kappa shape index (κ1) is 74.9. The van der Waals surface area contributed by atoms with Crippen LogP contribution in [0.25, 0.3) is 55.4 Å². The maximum absolute atomic E-state index is 13.8. The van der Waals surface area contributed by atoms with Crippen molar-refractivity contribution in [2.75, 3.05) is 56.8 Å². The number of nitrogens with zero attached hydrogens (tertiary/aromatic N) is 7. The monoisotopic (exact) mass is 1520 g/mol. The fraction of sp³-hybridized carbons (Fsp3) is 0.237. The molecule has 2 aliphatic rings. The zero-order valence-electron chi connectivity index (χ0n) is 55.4. The number of benzene rings is 9. The van der Waals surface area contributed by atoms with E-state index in [-0.39, 0.29) is 12.3 Å². The Bertz CT molecular complexity index is 4790. The first-order valence-corrected chi connectivity index (χ1v) is 34.8. The highest BCUT2D eigenvalue weighted by molar-refractivity contribution is 9.10. The van der Waals surface area contributed by atoms with Gasteiger partial charge in [-0.2, -0.15) is 36.5 Å². The van der Waals surface area contributed by atoms with E-state index < -0.39 is 23.5 Å². The van der Waals surface area contributed by atoms with E-state index in [0.29, 0.717) is 78.4 Å². The molecule has 9 aromatic carbocycles. The van der Waals surface area contributed by atoms with Crippen LogP contribution in [0.3, 0.4) is 0 Å². The summed E-state index contributed by atoms with van der Waals surface area (Å²) < 4.78 is 83.5. The molecule has 0 radical (unpaired) electrons. The molecule has 24 heteroatoms. The molecule has 0 spiro atoms. The van der Waals surface area contributed by atoms with Crippen LogP contribution >= 0.6 is 73.9 Å². The van der Waals surface area contributed by atoms with Crippen LogP contribution in [0.5, 0.6) is 0 Å². The van der Waals surface area contributed by atoms with E-state index in [2.05, 4.69) is 96.8 Å². The third-order valence-electron chi connectivity index (χ3n) is 16.9. The minimum absolute atomic E-state index is 0.300. The van der Waals surface area contributed by atoms with Gasteiger partial charge in [0.2, 0.25) is 0 Å². The Balaban J connectivity index is 0.000000148. The predicted octanol–water partition coefficient (Wildman–Crippen LogP) is 21.2. The lowest BCUT2D eigenvalue weighted by molar-refractivity contribution is -0.138. The number of para-hydroxylation sites is 2. The van der Waals surface area contributed by atoms with Gasteiger partial charge in [0.05, 0.1) is 54.5 Å². The molecule has 0 bridgehead atoms. The number of hydrogen-bond acceptors (Lipinski definition) is 10. The maximum Gasteiger partial charge on any atom is 0.416 e.